The molecule has 10 heterocycles. The van der Waals surface area contributed by atoms with Gasteiger partial charge in [0.15, 0.2) is 5.65 Å². The van der Waals surface area contributed by atoms with Gasteiger partial charge in [-0.15, -0.1) is 0 Å². The zero-order chi connectivity index (χ0) is 83.6. The lowest BCUT2D eigenvalue weighted by molar-refractivity contribution is -0.130. The SMILES string of the molecule is C=CC(=O)N1CC(C)N(c2nc(=O)n(-c3c(C)ccnc3C(C)C)c3nc(-c4ccccc4OC(F)F)c(Cl)cc23)CC1C.C=CC(=O)N1CCN(C2=NC(=C)N(CC(C)(C)C)c3nc(-c4ccccc4F)c(Cl)cc32)[C@@H](C)C1.C=CC(=O)N1CCN(c2nc(=O)n(CC(C)(C)C)c3nc(-c4ccccc4F)c(Cl)cc23)C[C@@H]1CO. The minimum absolute atomic E-state index is 0.00577. The zero-order valence-electron chi connectivity index (χ0n) is 66.3. The number of ether oxygens (including phenoxy) is 1. The lowest BCUT2D eigenvalue weighted by Crippen LogP contribution is -2.58. The number of aliphatic hydroxyl groups excluding tert-OH is 1. The first kappa shape index (κ1) is 85.0. The molecule has 23 nitrogen and oxygen atoms in total. The fourth-order valence-corrected chi connectivity index (χ4v) is 15.4. The van der Waals surface area contributed by atoms with Gasteiger partial charge >= 0.3 is 18.0 Å². The Hall–Kier alpha value is -10.9. The first-order valence-corrected chi connectivity index (χ1v) is 38.8. The third kappa shape index (κ3) is 18.3. The maximum atomic E-state index is 14.7. The number of fused-ring (bicyclic) bond motifs is 3. The molecule has 3 saturated heterocycles. The summed E-state index contributed by atoms with van der Waals surface area (Å²) in [5.41, 5.74) is 3.49. The highest BCUT2D eigenvalue weighted by Gasteiger charge is 2.39. The minimum Gasteiger partial charge on any atom is -0.434 e. The van der Waals surface area contributed by atoms with Crippen molar-refractivity contribution >= 4 is 97.9 Å². The van der Waals surface area contributed by atoms with Crippen molar-refractivity contribution in [3.8, 4) is 45.2 Å². The topological polar surface area (TPSA) is 237 Å². The second kappa shape index (κ2) is 35.1. The molecule has 4 aliphatic heterocycles. The van der Waals surface area contributed by atoms with Crippen LogP contribution in [0.5, 0.6) is 5.75 Å². The van der Waals surface area contributed by atoms with E-state index in [1.54, 1.807) is 93.7 Å². The van der Waals surface area contributed by atoms with E-state index in [1.807, 2.05) is 76.2 Å². The quantitative estimate of drug-likeness (QED) is 0.0741. The van der Waals surface area contributed by atoms with Crippen molar-refractivity contribution in [3.05, 3.63) is 218 Å². The molecule has 3 fully saturated rings. The Labute approximate surface area is 680 Å². The molecular formula is C85H93Cl3F4N16O7. The van der Waals surface area contributed by atoms with E-state index in [0.29, 0.717) is 132 Å². The Morgan fingerprint density at radius 2 is 1.16 bits per heavy atom. The van der Waals surface area contributed by atoms with Crippen LogP contribution in [0.25, 0.3) is 61.5 Å². The molecule has 604 valence electrons. The van der Waals surface area contributed by atoms with Gasteiger partial charge in [-0.25, -0.2) is 42.9 Å². The summed E-state index contributed by atoms with van der Waals surface area (Å²) in [4.78, 5) is 110. The van der Waals surface area contributed by atoms with Crippen LogP contribution in [0.2, 0.25) is 15.1 Å². The van der Waals surface area contributed by atoms with Crippen LogP contribution in [0.1, 0.15) is 98.9 Å². The van der Waals surface area contributed by atoms with Gasteiger partial charge in [-0.05, 0) is 129 Å². The van der Waals surface area contributed by atoms with Gasteiger partial charge in [0, 0.05) is 106 Å². The molecule has 0 radical (unpaired) electrons. The number of aliphatic hydroxyl groups is 1. The highest BCUT2D eigenvalue weighted by Crippen LogP contribution is 2.43. The lowest BCUT2D eigenvalue weighted by Gasteiger charge is -2.44. The number of carbonyl (C=O) groups excluding carboxylic acids is 3. The fourth-order valence-electron chi connectivity index (χ4n) is 14.7. The molecule has 2 unspecified atom stereocenters. The number of amides is 3. The van der Waals surface area contributed by atoms with Crippen molar-refractivity contribution < 1.29 is 41.8 Å². The molecule has 0 saturated carbocycles. The van der Waals surface area contributed by atoms with Crippen LogP contribution in [0.3, 0.4) is 0 Å². The van der Waals surface area contributed by atoms with Crippen molar-refractivity contribution in [2.45, 2.75) is 126 Å². The number of anilines is 3. The van der Waals surface area contributed by atoms with E-state index in [9.17, 15) is 46.6 Å². The number of aryl methyl sites for hydroxylation is 1. The van der Waals surface area contributed by atoms with Crippen LogP contribution >= 0.6 is 34.8 Å². The second-order valence-corrected chi connectivity index (χ2v) is 32.7. The lowest BCUT2D eigenvalue weighted by atomic mass is 9.95. The van der Waals surface area contributed by atoms with Gasteiger partial charge in [-0.3, -0.25) is 23.9 Å². The molecule has 30 heteroatoms. The van der Waals surface area contributed by atoms with Gasteiger partial charge in [0.25, 0.3) is 0 Å². The van der Waals surface area contributed by atoms with E-state index in [0.717, 1.165) is 11.1 Å². The van der Waals surface area contributed by atoms with E-state index in [1.165, 1.54) is 45.6 Å². The number of amidine groups is 1. The van der Waals surface area contributed by atoms with Gasteiger partial charge in [0.1, 0.15) is 52.1 Å². The first-order chi connectivity index (χ1) is 54.5. The third-order valence-electron chi connectivity index (χ3n) is 20.0. The number of aliphatic imine (C=N–C) groups is 1. The van der Waals surface area contributed by atoms with Crippen LogP contribution in [0, 0.1) is 29.4 Å². The Morgan fingerprint density at radius 3 is 1.74 bits per heavy atom. The number of alkyl halides is 2. The normalized spacial score (nSPS) is 17.3. The smallest absolute Gasteiger partial charge is 0.387 e. The molecule has 4 atom stereocenters. The monoisotopic (exact) mass is 1630 g/mol. The predicted octanol–water partition coefficient (Wildman–Crippen LogP) is 15.0. The number of pyridine rings is 4. The number of rotatable bonds is 15. The summed E-state index contributed by atoms with van der Waals surface area (Å²) in [6.45, 7) is 40.1. The summed E-state index contributed by atoms with van der Waals surface area (Å²) in [6.07, 6.45) is 5.53. The van der Waals surface area contributed by atoms with Gasteiger partial charge in [-0.2, -0.15) is 18.7 Å². The average molecular weight is 1630 g/mol. The molecule has 9 aromatic rings. The molecule has 1 N–H and O–H groups in total. The number of carbonyl (C=O) groups is 3. The molecule has 0 spiro atoms. The number of piperazine rings is 3. The van der Waals surface area contributed by atoms with Gasteiger partial charge in [-0.1, -0.05) is 153 Å². The Kier molecular flexibility index (Phi) is 25.9. The number of para-hydroxylation sites is 1. The second-order valence-electron chi connectivity index (χ2n) is 31.4. The van der Waals surface area contributed by atoms with E-state index in [2.05, 4.69) is 73.9 Å². The molecule has 4 aliphatic rings. The van der Waals surface area contributed by atoms with Crippen LogP contribution in [0.15, 0.2) is 168 Å². The highest BCUT2D eigenvalue weighted by atomic mass is 35.5. The van der Waals surface area contributed by atoms with Gasteiger partial charge in [0.05, 0.1) is 72.5 Å². The zero-order valence-corrected chi connectivity index (χ0v) is 68.6. The average Bonchev–Trinajstić information content (AvgIpc) is 0.768. The molecule has 115 heavy (non-hydrogen) atoms. The van der Waals surface area contributed by atoms with E-state index >= 15 is 0 Å². The summed E-state index contributed by atoms with van der Waals surface area (Å²) in [5.74, 6) is 1.10. The third-order valence-corrected chi connectivity index (χ3v) is 20.9. The Morgan fingerprint density at radius 1 is 0.609 bits per heavy atom. The van der Waals surface area contributed by atoms with Crippen molar-refractivity contribution in [3.63, 3.8) is 0 Å². The molecule has 0 aliphatic carbocycles. The fraction of sp³-hybridized carbons (Fsp3) is 0.365. The molecule has 13 rings (SSSR count). The maximum absolute atomic E-state index is 14.7. The largest absolute Gasteiger partial charge is 0.434 e. The number of benzene rings is 3. The summed E-state index contributed by atoms with van der Waals surface area (Å²) in [7, 11) is 0. The van der Waals surface area contributed by atoms with E-state index in [4.69, 9.17) is 59.5 Å². The number of hydrogen-bond donors (Lipinski definition) is 1. The number of nitrogens with zero attached hydrogens (tertiary/aromatic N) is 16. The van der Waals surface area contributed by atoms with Crippen LogP contribution in [-0.4, -0.2) is 184 Å². The predicted molar refractivity (Wildman–Crippen MR) is 446 cm³/mol. The van der Waals surface area contributed by atoms with Crippen LogP contribution in [0.4, 0.5) is 35.0 Å². The molecule has 3 amide bonds. The van der Waals surface area contributed by atoms with Crippen molar-refractivity contribution in [2.24, 2.45) is 15.8 Å². The number of hydrogen-bond acceptors (Lipinski definition) is 18. The molecule has 0 bridgehead atoms. The maximum Gasteiger partial charge on any atom is 0.387 e. The summed E-state index contributed by atoms with van der Waals surface area (Å²) < 4.78 is 63.7. The summed E-state index contributed by atoms with van der Waals surface area (Å²) >= 11 is 20.2. The van der Waals surface area contributed by atoms with Gasteiger partial charge < -0.3 is 44.1 Å². The van der Waals surface area contributed by atoms with Crippen LogP contribution in [-0.2, 0) is 20.9 Å². The van der Waals surface area contributed by atoms with Crippen LogP contribution < -0.4 is 30.8 Å². The minimum atomic E-state index is -3.06. The number of aromatic nitrogens is 8. The molecule has 6 aromatic heterocycles. The molecular weight excluding hydrogens is 1540 g/mol. The molecule has 3 aromatic carbocycles. The van der Waals surface area contributed by atoms with Crippen molar-refractivity contribution in [2.75, 3.05) is 80.2 Å². The Bertz CT molecular complexity index is 5460. The van der Waals surface area contributed by atoms with E-state index < -0.39 is 29.9 Å². The van der Waals surface area contributed by atoms with E-state index in [-0.39, 0.29) is 116 Å². The standard InChI is InChI=1S/C32H33ClF2N6O3.C27H31ClFN5O.C26H29ClFN5O3/c1-7-25(42)39-15-20(6)40(16-19(39)5)29-22-14-23(33)27(21-10-8-9-11-24(21)44-31(34)35)37-30(22)41(32(43)38-29)28-18(4)12-13-36-26(28)17(2)3;1-7-23(35)32-12-13-33(17(2)15-32)25-20-14-21(28)24(19-10-8-9-11-22(19)29)31-26(20)34(18(3)30-25)16-27(4,5)6;1-5-21(35)32-11-10-31(13-16(32)14-34)23-18-12-19(27)22(17-8-6-7-9-20(17)28)29-24(18)33(25(36)30-23)15-26(2,3)4/h7-14,17,19-20,31H,1,15-16H2,2-6H3;7-11,14,17H,1,3,12-13,15-16H2,2,4-6H3;5-9,12,16,34H,1,10-11,13-15H2,2-4H3/t;17-;16-/m.01/s1. The Balaban J connectivity index is 0.000000171. The van der Waals surface area contributed by atoms with Gasteiger partial charge in [0.2, 0.25) is 17.7 Å². The first-order valence-electron chi connectivity index (χ1n) is 37.6. The van der Waals surface area contributed by atoms with Crippen molar-refractivity contribution in [1.82, 2.24) is 58.6 Å². The highest BCUT2D eigenvalue weighted by molar-refractivity contribution is 6.35. The summed E-state index contributed by atoms with van der Waals surface area (Å²) in [6, 6.07) is 24.9. The summed E-state index contributed by atoms with van der Waals surface area (Å²) in [5, 5.41) is 11.7. The number of halogens is 7. The van der Waals surface area contributed by atoms with Crippen molar-refractivity contribution in [1.29, 1.82) is 0 Å².